The molecule has 20 heavy (non-hydrogen) atoms. The predicted octanol–water partition coefficient (Wildman–Crippen LogP) is 1.33. The van der Waals surface area contributed by atoms with E-state index in [-0.39, 0.29) is 10.6 Å². The minimum absolute atomic E-state index is 0.0419. The van der Waals surface area contributed by atoms with Crippen LogP contribution in [0.1, 0.15) is 23.8 Å². The van der Waals surface area contributed by atoms with Crippen LogP contribution in [0.5, 0.6) is 0 Å². The van der Waals surface area contributed by atoms with Crippen LogP contribution in [0.15, 0.2) is 41.7 Å². The number of nitrogens with zero attached hydrogens (tertiary/aromatic N) is 2. The molecule has 0 aromatic carbocycles. The Morgan fingerprint density at radius 1 is 1.35 bits per heavy atom. The number of carboxylic acids is 1. The van der Waals surface area contributed by atoms with E-state index >= 15 is 0 Å². The lowest BCUT2D eigenvalue weighted by Crippen LogP contribution is -2.21. The van der Waals surface area contributed by atoms with Crippen LogP contribution in [0.2, 0.25) is 0 Å². The molecule has 2 rings (SSSR count). The zero-order valence-electron chi connectivity index (χ0n) is 10.9. The fraction of sp³-hybridized carbons (Fsp3) is 0.250. The maximum atomic E-state index is 12.2. The van der Waals surface area contributed by atoms with E-state index in [4.69, 9.17) is 5.11 Å². The van der Waals surface area contributed by atoms with Gasteiger partial charge in [-0.05, 0) is 24.6 Å². The van der Waals surface area contributed by atoms with Crippen LogP contribution in [0.25, 0.3) is 0 Å². The van der Waals surface area contributed by atoms with Crippen LogP contribution in [0.4, 0.5) is 0 Å². The van der Waals surface area contributed by atoms with E-state index < -0.39 is 16.0 Å². The van der Waals surface area contributed by atoms with Crippen molar-refractivity contribution >= 4 is 16.0 Å². The zero-order valence-corrected chi connectivity index (χ0v) is 11.7. The normalized spacial score (nSPS) is 11.4. The number of carbonyl (C=O) groups is 1. The minimum Gasteiger partial charge on any atom is -0.477 e. The molecule has 7 nitrogen and oxygen atoms in total. The maximum absolute atomic E-state index is 12.2. The molecule has 2 N–H and O–H groups in total. The van der Waals surface area contributed by atoms with Gasteiger partial charge in [0.25, 0.3) is 10.0 Å². The summed E-state index contributed by atoms with van der Waals surface area (Å²) in [7, 11) is -3.81. The molecule has 0 aliphatic heterocycles. The zero-order chi connectivity index (χ0) is 14.8. The molecule has 0 saturated carbocycles. The predicted molar refractivity (Wildman–Crippen MR) is 72.7 cm³/mol. The quantitative estimate of drug-likeness (QED) is 0.841. The monoisotopic (exact) mass is 297 g/mol. The minimum atomic E-state index is -3.81. The Balaban J connectivity index is 2.36. The number of aromatic carboxylic acids is 1. The Bertz CT molecular complexity index is 701. The Morgan fingerprint density at radius 3 is 2.55 bits per heavy atom. The molecule has 8 heteroatoms. The first-order valence-corrected chi connectivity index (χ1v) is 7.51. The summed E-state index contributed by atoms with van der Waals surface area (Å²) in [6.07, 6.45) is 5.12. The third kappa shape index (κ3) is 2.85. The molecule has 0 aliphatic rings. The SMILES string of the molecule is CCCn1cc(S(=O)(=O)Nn2cccc2)cc1C(=O)O. The highest BCUT2D eigenvalue weighted by molar-refractivity contribution is 7.92. The molecule has 0 atom stereocenters. The molecule has 0 amide bonds. The molecule has 2 aromatic rings. The number of aryl methyl sites for hydroxylation is 1. The van der Waals surface area contributed by atoms with Gasteiger partial charge in [-0.15, -0.1) is 0 Å². The van der Waals surface area contributed by atoms with Crippen molar-refractivity contribution in [1.29, 1.82) is 0 Å². The lowest BCUT2D eigenvalue weighted by molar-refractivity contribution is 0.0685. The smallest absolute Gasteiger partial charge is 0.352 e. The number of aromatic nitrogens is 2. The number of carboxylic acid groups (broad SMARTS) is 1. The van der Waals surface area contributed by atoms with Crippen molar-refractivity contribution in [3.63, 3.8) is 0 Å². The van der Waals surface area contributed by atoms with Crippen LogP contribution in [0.3, 0.4) is 0 Å². The Morgan fingerprint density at radius 2 is 2.00 bits per heavy atom. The summed E-state index contributed by atoms with van der Waals surface area (Å²) in [6, 6.07) is 4.50. The summed E-state index contributed by atoms with van der Waals surface area (Å²) in [5.74, 6) is -1.15. The van der Waals surface area contributed by atoms with E-state index in [1.165, 1.54) is 15.4 Å². The van der Waals surface area contributed by atoms with Gasteiger partial charge < -0.3 is 9.67 Å². The molecule has 0 bridgehead atoms. The first kappa shape index (κ1) is 14.2. The molecular formula is C12H15N3O4S. The molecule has 0 unspecified atom stereocenters. The standard InChI is InChI=1S/C12H15N3O4S/c1-2-5-14-9-10(8-11(14)12(16)17)20(18,19)13-15-6-3-4-7-15/h3-4,6-9,13H,2,5H2,1H3,(H,16,17). The molecule has 0 saturated heterocycles. The van der Waals surface area contributed by atoms with Crippen LogP contribution in [-0.2, 0) is 16.6 Å². The third-order valence-corrected chi connectivity index (χ3v) is 3.99. The first-order chi connectivity index (χ1) is 9.44. The number of hydrogen-bond acceptors (Lipinski definition) is 3. The van der Waals surface area contributed by atoms with Gasteiger partial charge in [-0.3, -0.25) is 4.68 Å². The molecule has 0 fully saturated rings. The second-order valence-electron chi connectivity index (χ2n) is 4.24. The largest absolute Gasteiger partial charge is 0.477 e. The fourth-order valence-electron chi connectivity index (χ4n) is 1.82. The van der Waals surface area contributed by atoms with E-state index in [9.17, 15) is 13.2 Å². The number of rotatable bonds is 6. The van der Waals surface area contributed by atoms with Gasteiger partial charge in [0.05, 0.1) is 0 Å². The molecule has 2 aromatic heterocycles. The number of hydrogen-bond donors (Lipinski definition) is 2. The van der Waals surface area contributed by atoms with Gasteiger partial charge in [0.15, 0.2) is 0 Å². The highest BCUT2D eigenvalue weighted by Crippen LogP contribution is 2.16. The topological polar surface area (TPSA) is 93.3 Å². The van der Waals surface area contributed by atoms with Crippen molar-refractivity contribution in [2.45, 2.75) is 24.8 Å². The van der Waals surface area contributed by atoms with Crippen molar-refractivity contribution in [3.05, 3.63) is 42.5 Å². The third-order valence-electron chi connectivity index (χ3n) is 2.70. The van der Waals surface area contributed by atoms with Gasteiger partial charge >= 0.3 is 5.97 Å². The Labute approximate surface area is 116 Å². The summed E-state index contributed by atoms with van der Waals surface area (Å²) in [4.78, 5) is 13.4. The summed E-state index contributed by atoms with van der Waals surface area (Å²) in [5.41, 5.74) is -0.0419. The number of sulfonamides is 1. The highest BCUT2D eigenvalue weighted by atomic mass is 32.2. The average Bonchev–Trinajstić information content (AvgIpc) is 2.98. The molecule has 108 valence electrons. The molecule has 2 heterocycles. The maximum Gasteiger partial charge on any atom is 0.352 e. The van der Waals surface area contributed by atoms with E-state index in [2.05, 4.69) is 4.83 Å². The molecular weight excluding hydrogens is 282 g/mol. The second-order valence-corrected chi connectivity index (χ2v) is 5.91. The van der Waals surface area contributed by atoms with E-state index in [1.807, 2.05) is 6.92 Å². The van der Waals surface area contributed by atoms with Crippen LogP contribution in [0, 0.1) is 0 Å². The fourth-order valence-corrected chi connectivity index (χ4v) is 2.86. The lowest BCUT2D eigenvalue weighted by Gasteiger charge is -2.06. The van der Waals surface area contributed by atoms with Gasteiger partial charge in [-0.2, -0.15) is 8.42 Å². The molecule has 0 spiro atoms. The van der Waals surface area contributed by atoms with Gasteiger partial charge in [-0.1, -0.05) is 6.92 Å². The van der Waals surface area contributed by atoms with Crippen LogP contribution >= 0.6 is 0 Å². The Hall–Kier alpha value is -2.22. The first-order valence-electron chi connectivity index (χ1n) is 6.03. The van der Waals surface area contributed by atoms with Crippen molar-refractivity contribution < 1.29 is 18.3 Å². The van der Waals surface area contributed by atoms with Gasteiger partial charge in [0.1, 0.15) is 10.6 Å². The van der Waals surface area contributed by atoms with Gasteiger partial charge in [-0.25, -0.2) is 9.63 Å². The van der Waals surface area contributed by atoms with Crippen molar-refractivity contribution in [3.8, 4) is 0 Å². The molecule has 0 aliphatic carbocycles. The summed E-state index contributed by atoms with van der Waals surface area (Å²) in [5, 5.41) is 9.09. The van der Waals surface area contributed by atoms with Gasteiger partial charge in [0, 0.05) is 25.1 Å². The highest BCUT2D eigenvalue weighted by Gasteiger charge is 2.21. The summed E-state index contributed by atoms with van der Waals surface area (Å²) >= 11 is 0. The van der Waals surface area contributed by atoms with Crippen molar-refractivity contribution in [2.75, 3.05) is 4.83 Å². The van der Waals surface area contributed by atoms with Gasteiger partial charge in [0.2, 0.25) is 0 Å². The average molecular weight is 297 g/mol. The summed E-state index contributed by atoms with van der Waals surface area (Å²) in [6.45, 7) is 2.33. The van der Waals surface area contributed by atoms with E-state index in [0.29, 0.717) is 13.0 Å². The Kier molecular flexibility index (Phi) is 3.84. The van der Waals surface area contributed by atoms with E-state index in [0.717, 1.165) is 6.07 Å². The van der Waals surface area contributed by atoms with Crippen LogP contribution < -0.4 is 4.83 Å². The van der Waals surface area contributed by atoms with Crippen molar-refractivity contribution in [2.24, 2.45) is 0 Å². The van der Waals surface area contributed by atoms with E-state index in [1.54, 1.807) is 24.5 Å². The summed E-state index contributed by atoms with van der Waals surface area (Å²) < 4.78 is 27.0. The lowest BCUT2D eigenvalue weighted by atomic mass is 10.4. The van der Waals surface area contributed by atoms with Crippen molar-refractivity contribution in [1.82, 2.24) is 9.24 Å². The second kappa shape index (κ2) is 5.41. The number of nitrogens with one attached hydrogen (secondary N) is 1. The molecule has 0 radical (unpaired) electrons. The van der Waals surface area contributed by atoms with Crippen LogP contribution in [-0.4, -0.2) is 28.7 Å².